The minimum atomic E-state index is -4.09. The standard InChI is InChI=1S/C21H30N4O7S/c1-21(2,3)32-20(27)24-11-7-6-9-17(24)19(26)22-12-14-23(15-13-22)33(30,31)18-10-5-4-8-16(18)25(28)29/h4-5,8,10,17H,6-7,9,11-15H2,1-3H3. The van der Waals surface area contributed by atoms with Crippen molar-refractivity contribution < 1.29 is 27.7 Å². The molecule has 0 spiro atoms. The highest BCUT2D eigenvalue weighted by molar-refractivity contribution is 7.89. The number of para-hydroxylation sites is 1. The van der Waals surface area contributed by atoms with Gasteiger partial charge in [0.15, 0.2) is 4.90 Å². The topological polar surface area (TPSA) is 130 Å². The van der Waals surface area contributed by atoms with Gasteiger partial charge in [0, 0.05) is 38.8 Å². The Bertz CT molecular complexity index is 1010. The van der Waals surface area contributed by atoms with Crippen LogP contribution in [0.1, 0.15) is 40.0 Å². The zero-order valence-corrected chi connectivity index (χ0v) is 19.9. The first-order valence-electron chi connectivity index (χ1n) is 10.9. The van der Waals surface area contributed by atoms with Crippen LogP contribution in [0.3, 0.4) is 0 Å². The lowest BCUT2D eigenvalue weighted by atomic mass is 10.0. The Morgan fingerprint density at radius 3 is 2.30 bits per heavy atom. The van der Waals surface area contributed by atoms with Gasteiger partial charge in [-0.05, 0) is 46.1 Å². The van der Waals surface area contributed by atoms with Crippen molar-refractivity contribution in [2.75, 3.05) is 32.7 Å². The summed E-state index contributed by atoms with van der Waals surface area (Å²) in [5.74, 6) is -0.233. The van der Waals surface area contributed by atoms with E-state index in [1.54, 1.807) is 25.7 Å². The monoisotopic (exact) mass is 482 g/mol. The van der Waals surface area contributed by atoms with Gasteiger partial charge < -0.3 is 9.64 Å². The summed E-state index contributed by atoms with van der Waals surface area (Å²) in [5.41, 5.74) is -1.16. The molecular formula is C21H30N4O7S. The van der Waals surface area contributed by atoms with Gasteiger partial charge in [0.2, 0.25) is 15.9 Å². The van der Waals surface area contributed by atoms with E-state index in [1.807, 2.05) is 0 Å². The van der Waals surface area contributed by atoms with Crippen LogP contribution in [0.4, 0.5) is 10.5 Å². The Labute approximate surface area is 193 Å². The van der Waals surface area contributed by atoms with Crippen LogP contribution in [0.2, 0.25) is 0 Å². The van der Waals surface area contributed by atoms with Gasteiger partial charge >= 0.3 is 6.09 Å². The van der Waals surface area contributed by atoms with Crippen LogP contribution in [-0.4, -0.2) is 83.8 Å². The van der Waals surface area contributed by atoms with Crippen LogP contribution in [-0.2, 0) is 19.6 Å². The number of nitro benzene ring substituents is 1. The van der Waals surface area contributed by atoms with E-state index < -0.39 is 38.4 Å². The number of ether oxygens (including phenoxy) is 1. The molecule has 3 rings (SSSR count). The third kappa shape index (κ3) is 5.61. The highest BCUT2D eigenvalue weighted by Crippen LogP contribution is 2.28. The lowest BCUT2D eigenvalue weighted by Crippen LogP contribution is -2.58. The molecule has 0 radical (unpaired) electrons. The Morgan fingerprint density at radius 1 is 1.06 bits per heavy atom. The van der Waals surface area contributed by atoms with E-state index in [-0.39, 0.29) is 37.0 Å². The average Bonchev–Trinajstić information content (AvgIpc) is 2.77. The molecule has 1 aromatic rings. The minimum absolute atomic E-state index is 0.0132. The van der Waals surface area contributed by atoms with Crippen LogP contribution in [0, 0.1) is 10.1 Å². The van der Waals surface area contributed by atoms with Gasteiger partial charge in [-0.2, -0.15) is 4.31 Å². The Balaban J connectivity index is 1.69. The number of nitrogens with zero attached hydrogens (tertiary/aromatic N) is 4. The fourth-order valence-corrected chi connectivity index (χ4v) is 5.63. The summed E-state index contributed by atoms with van der Waals surface area (Å²) in [6.07, 6.45) is 1.58. The molecule has 1 atom stereocenters. The van der Waals surface area contributed by atoms with Crippen molar-refractivity contribution in [2.45, 2.75) is 56.6 Å². The Hall–Kier alpha value is -2.73. The number of sulfonamides is 1. The van der Waals surface area contributed by atoms with Crippen molar-refractivity contribution in [3.8, 4) is 0 Å². The molecule has 2 saturated heterocycles. The lowest BCUT2D eigenvalue weighted by molar-refractivity contribution is -0.387. The second-order valence-electron chi connectivity index (χ2n) is 9.14. The van der Waals surface area contributed by atoms with Crippen LogP contribution < -0.4 is 0 Å². The zero-order chi connectivity index (χ0) is 24.4. The number of nitro groups is 1. The summed E-state index contributed by atoms with van der Waals surface area (Å²) in [5, 5.41) is 11.3. The predicted octanol–water partition coefficient (Wildman–Crippen LogP) is 2.22. The Morgan fingerprint density at radius 2 is 1.70 bits per heavy atom. The van der Waals surface area contributed by atoms with Gasteiger partial charge in [0.25, 0.3) is 5.69 Å². The average molecular weight is 483 g/mol. The van der Waals surface area contributed by atoms with E-state index in [0.717, 1.165) is 23.2 Å². The number of amides is 2. The fraction of sp³-hybridized carbons (Fsp3) is 0.619. The van der Waals surface area contributed by atoms with E-state index in [4.69, 9.17) is 4.74 Å². The highest BCUT2D eigenvalue weighted by atomic mass is 32.2. The van der Waals surface area contributed by atoms with E-state index in [2.05, 4.69) is 0 Å². The predicted molar refractivity (Wildman–Crippen MR) is 119 cm³/mol. The molecule has 11 nitrogen and oxygen atoms in total. The molecule has 2 amide bonds. The summed E-state index contributed by atoms with van der Waals surface area (Å²) in [6.45, 7) is 6.03. The molecule has 12 heteroatoms. The molecule has 182 valence electrons. The van der Waals surface area contributed by atoms with Gasteiger partial charge in [0.05, 0.1) is 4.92 Å². The normalized spacial score (nSPS) is 20.4. The maximum absolute atomic E-state index is 13.2. The largest absolute Gasteiger partial charge is 0.444 e. The maximum atomic E-state index is 13.2. The van der Waals surface area contributed by atoms with Gasteiger partial charge in [-0.1, -0.05) is 12.1 Å². The zero-order valence-electron chi connectivity index (χ0n) is 19.1. The van der Waals surface area contributed by atoms with Crippen LogP contribution in [0.5, 0.6) is 0 Å². The molecule has 2 aliphatic rings. The molecule has 0 aliphatic carbocycles. The van der Waals surface area contributed by atoms with Crippen molar-refractivity contribution in [3.05, 3.63) is 34.4 Å². The van der Waals surface area contributed by atoms with Crippen molar-refractivity contribution in [3.63, 3.8) is 0 Å². The maximum Gasteiger partial charge on any atom is 0.410 e. The summed E-state index contributed by atoms with van der Waals surface area (Å²) < 4.78 is 32.6. The van der Waals surface area contributed by atoms with Gasteiger partial charge in [-0.15, -0.1) is 0 Å². The first-order chi connectivity index (χ1) is 15.4. The summed E-state index contributed by atoms with van der Waals surface area (Å²) in [4.78, 5) is 39.1. The summed E-state index contributed by atoms with van der Waals surface area (Å²) in [6, 6.07) is 4.57. The number of carbonyl (C=O) groups excluding carboxylic acids is 2. The number of hydrogen-bond donors (Lipinski definition) is 0. The van der Waals surface area contributed by atoms with Gasteiger partial charge in [-0.25, -0.2) is 13.2 Å². The highest BCUT2D eigenvalue weighted by Gasteiger charge is 2.39. The van der Waals surface area contributed by atoms with Gasteiger partial charge in [-0.3, -0.25) is 19.8 Å². The SMILES string of the molecule is CC(C)(C)OC(=O)N1CCCCC1C(=O)N1CCN(S(=O)(=O)c2ccccc2[N+](=O)[O-])CC1. The first-order valence-corrected chi connectivity index (χ1v) is 12.4. The van der Waals surface area contributed by atoms with Crippen molar-refractivity contribution in [2.24, 2.45) is 0 Å². The van der Waals surface area contributed by atoms with Gasteiger partial charge in [0.1, 0.15) is 11.6 Å². The first kappa shape index (κ1) is 24.9. The number of rotatable bonds is 4. The van der Waals surface area contributed by atoms with E-state index in [1.165, 1.54) is 23.1 Å². The fourth-order valence-electron chi connectivity index (χ4n) is 4.05. The molecule has 2 fully saturated rings. The van der Waals surface area contributed by atoms with E-state index in [9.17, 15) is 28.1 Å². The molecule has 2 aliphatic heterocycles. The number of likely N-dealkylation sites (tertiary alicyclic amines) is 1. The quantitative estimate of drug-likeness (QED) is 0.475. The molecule has 33 heavy (non-hydrogen) atoms. The molecular weight excluding hydrogens is 452 g/mol. The molecule has 2 heterocycles. The van der Waals surface area contributed by atoms with Crippen molar-refractivity contribution in [1.82, 2.24) is 14.1 Å². The Kier molecular flexibility index (Phi) is 7.27. The lowest BCUT2D eigenvalue weighted by Gasteiger charge is -2.40. The van der Waals surface area contributed by atoms with Crippen LogP contribution in [0.15, 0.2) is 29.2 Å². The molecule has 0 saturated carbocycles. The number of benzene rings is 1. The molecule has 1 unspecified atom stereocenters. The van der Waals surface area contributed by atoms with E-state index in [0.29, 0.717) is 13.0 Å². The van der Waals surface area contributed by atoms with Crippen LogP contribution in [0.25, 0.3) is 0 Å². The second-order valence-corrected chi connectivity index (χ2v) is 11.0. The summed E-state index contributed by atoms with van der Waals surface area (Å²) >= 11 is 0. The van der Waals surface area contributed by atoms with Crippen LogP contribution >= 0.6 is 0 Å². The van der Waals surface area contributed by atoms with Crippen molar-refractivity contribution in [1.29, 1.82) is 0 Å². The van der Waals surface area contributed by atoms with Crippen molar-refractivity contribution >= 4 is 27.7 Å². The molecule has 0 N–H and O–H groups in total. The number of hydrogen-bond acceptors (Lipinski definition) is 7. The molecule has 0 aromatic heterocycles. The smallest absolute Gasteiger partial charge is 0.410 e. The number of piperazine rings is 1. The number of piperidine rings is 1. The summed E-state index contributed by atoms with van der Waals surface area (Å²) in [7, 11) is -4.09. The van der Waals surface area contributed by atoms with E-state index >= 15 is 0 Å². The minimum Gasteiger partial charge on any atom is -0.444 e. The third-order valence-electron chi connectivity index (χ3n) is 5.65. The third-order valence-corrected chi connectivity index (χ3v) is 7.59. The second kappa shape index (κ2) is 9.64. The molecule has 0 bridgehead atoms. The molecule has 1 aromatic carbocycles. The number of carbonyl (C=O) groups is 2.